The maximum atomic E-state index is 13.9. The number of nitrogens with zero attached hydrogens (tertiary/aromatic N) is 2. The zero-order valence-corrected chi connectivity index (χ0v) is 19.4. The zero-order valence-electron chi connectivity index (χ0n) is 19.4. The highest BCUT2D eigenvalue weighted by atomic mass is 16.5. The lowest BCUT2D eigenvalue weighted by molar-refractivity contribution is -0.118. The summed E-state index contributed by atoms with van der Waals surface area (Å²) in [5, 5.41) is 15.1. The number of primary amides is 1. The number of methoxy groups -OCH3 is 4. The second-order valence-corrected chi connectivity index (χ2v) is 7.44. The van der Waals surface area contributed by atoms with Crippen LogP contribution >= 0.6 is 0 Å². The summed E-state index contributed by atoms with van der Waals surface area (Å²) >= 11 is 0. The summed E-state index contributed by atoms with van der Waals surface area (Å²) in [7, 11) is 5.76. The number of ether oxygens (including phenoxy) is 4. The van der Waals surface area contributed by atoms with Gasteiger partial charge in [0.2, 0.25) is 17.4 Å². The van der Waals surface area contributed by atoms with Crippen molar-refractivity contribution in [3.05, 3.63) is 47.8 Å². The first-order valence-corrected chi connectivity index (χ1v) is 10.3. The number of fused-ring (bicyclic) bond motifs is 1. The molecule has 0 aliphatic carbocycles. The number of carbonyl (C=O) groups is 2. The number of ketones is 1. The average molecular weight is 481 g/mol. The molecule has 2 heterocycles. The largest absolute Gasteiger partial charge is 0.502 e. The average Bonchev–Trinajstić information content (AvgIpc) is 3.47. The normalized spacial score (nSPS) is 10.9. The molecule has 2 aromatic heterocycles. The Morgan fingerprint density at radius 1 is 1.03 bits per heavy atom. The fourth-order valence-electron chi connectivity index (χ4n) is 3.81. The standard InChI is InChI=1S/C24H23N3O8/c1-31-15-6-5-14-19(20(29)12-7-16(32-2)24(34-4)17(8-12)33-3)22(35-23(14)21(15)30)13-9-26-27(10-13)11-18(25)28/h5-10,30H,11H2,1-4H3,(H2,25,28). The van der Waals surface area contributed by atoms with Gasteiger partial charge in [0.25, 0.3) is 0 Å². The van der Waals surface area contributed by atoms with Crippen molar-refractivity contribution in [2.45, 2.75) is 6.54 Å². The van der Waals surface area contributed by atoms with Gasteiger partial charge >= 0.3 is 0 Å². The van der Waals surface area contributed by atoms with Gasteiger partial charge in [-0.25, -0.2) is 0 Å². The summed E-state index contributed by atoms with van der Waals surface area (Å²) in [5.41, 5.74) is 6.10. The predicted octanol–water partition coefficient (Wildman–Crippen LogP) is 2.75. The van der Waals surface area contributed by atoms with Crippen molar-refractivity contribution < 1.29 is 38.1 Å². The molecule has 11 nitrogen and oxygen atoms in total. The van der Waals surface area contributed by atoms with E-state index >= 15 is 0 Å². The molecular weight excluding hydrogens is 458 g/mol. The SMILES string of the molecule is COc1cc(C(=O)c2c(-c3cnn(CC(N)=O)c3)oc3c(O)c(OC)ccc23)cc(OC)c1OC. The molecule has 0 unspecified atom stereocenters. The maximum absolute atomic E-state index is 13.9. The number of hydrogen-bond acceptors (Lipinski definition) is 9. The van der Waals surface area contributed by atoms with Crippen LogP contribution in [0.5, 0.6) is 28.7 Å². The van der Waals surface area contributed by atoms with Gasteiger partial charge in [0.05, 0.1) is 45.8 Å². The summed E-state index contributed by atoms with van der Waals surface area (Å²) in [5.74, 6) is -0.0528. The van der Waals surface area contributed by atoms with Crippen LogP contribution < -0.4 is 24.7 Å². The number of nitrogens with two attached hydrogens (primary N) is 1. The molecule has 0 bridgehead atoms. The number of aromatic hydroxyl groups is 1. The van der Waals surface area contributed by atoms with Crippen molar-refractivity contribution in [2.75, 3.05) is 28.4 Å². The lowest BCUT2D eigenvalue weighted by Gasteiger charge is -2.13. The van der Waals surface area contributed by atoms with E-state index in [1.165, 1.54) is 63.7 Å². The molecule has 0 fully saturated rings. The molecule has 182 valence electrons. The van der Waals surface area contributed by atoms with Gasteiger partial charge in [-0.3, -0.25) is 14.3 Å². The van der Waals surface area contributed by atoms with Gasteiger partial charge in [0.1, 0.15) is 12.3 Å². The van der Waals surface area contributed by atoms with E-state index in [4.69, 9.17) is 29.1 Å². The first kappa shape index (κ1) is 23.5. The molecule has 0 saturated heterocycles. The van der Waals surface area contributed by atoms with Crippen LogP contribution in [0.3, 0.4) is 0 Å². The van der Waals surface area contributed by atoms with Gasteiger partial charge in [-0.2, -0.15) is 5.10 Å². The molecule has 4 aromatic rings. The Hall–Kier alpha value is -4.67. The van der Waals surface area contributed by atoms with Crippen molar-refractivity contribution in [1.29, 1.82) is 0 Å². The molecule has 35 heavy (non-hydrogen) atoms. The Bertz CT molecular complexity index is 1410. The van der Waals surface area contributed by atoms with Gasteiger partial charge in [0.15, 0.2) is 28.6 Å². The third-order valence-corrected chi connectivity index (χ3v) is 5.38. The predicted molar refractivity (Wildman–Crippen MR) is 124 cm³/mol. The van der Waals surface area contributed by atoms with E-state index < -0.39 is 11.7 Å². The smallest absolute Gasteiger partial charge is 0.239 e. The quantitative estimate of drug-likeness (QED) is 0.344. The van der Waals surface area contributed by atoms with Crippen LogP contribution in [0.25, 0.3) is 22.3 Å². The van der Waals surface area contributed by atoms with Crippen LogP contribution in [0.2, 0.25) is 0 Å². The number of phenolic OH excluding ortho intramolecular Hbond substituents is 1. The minimum absolute atomic E-state index is 0.0535. The van der Waals surface area contributed by atoms with Crippen molar-refractivity contribution in [1.82, 2.24) is 9.78 Å². The fourth-order valence-corrected chi connectivity index (χ4v) is 3.81. The Balaban J connectivity index is 1.96. The molecule has 0 atom stereocenters. The van der Waals surface area contributed by atoms with Gasteiger partial charge in [-0.15, -0.1) is 0 Å². The minimum atomic E-state index is -0.583. The highest BCUT2D eigenvalue weighted by Crippen LogP contribution is 2.44. The maximum Gasteiger partial charge on any atom is 0.239 e. The van der Waals surface area contributed by atoms with Gasteiger partial charge in [0, 0.05) is 17.1 Å². The Kier molecular flexibility index (Phi) is 6.24. The van der Waals surface area contributed by atoms with E-state index in [1.54, 1.807) is 6.07 Å². The zero-order chi connectivity index (χ0) is 25.3. The number of amides is 1. The van der Waals surface area contributed by atoms with Crippen LogP contribution in [0.4, 0.5) is 0 Å². The van der Waals surface area contributed by atoms with Crippen molar-refractivity contribution in [3.8, 4) is 40.1 Å². The molecule has 11 heteroatoms. The van der Waals surface area contributed by atoms with Crippen molar-refractivity contribution in [2.24, 2.45) is 5.73 Å². The molecule has 3 N–H and O–H groups in total. The highest BCUT2D eigenvalue weighted by Gasteiger charge is 2.28. The molecule has 0 saturated carbocycles. The lowest BCUT2D eigenvalue weighted by Crippen LogP contribution is -2.18. The fraction of sp³-hybridized carbons (Fsp3) is 0.208. The first-order chi connectivity index (χ1) is 16.8. The number of rotatable bonds is 9. The van der Waals surface area contributed by atoms with Crippen LogP contribution in [0, 0.1) is 0 Å². The second kappa shape index (κ2) is 9.29. The summed E-state index contributed by atoms with van der Waals surface area (Å²) in [4.78, 5) is 25.2. The number of phenols is 1. The van der Waals surface area contributed by atoms with Crippen LogP contribution in [0.15, 0.2) is 41.1 Å². The van der Waals surface area contributed by atoms with E-state index in [2.05, 4.69) is 5.10 Å². The number of furan rings is 1. The lowest BCUT2D eigenvalue weighted by atomic mass is 9.97. The topological polar surface area (TPSA) is 148 Å². The monoisotopic (exact) mass is 481 g/mol. The molecule has 0 radical (unpaired) electrons. The third kappa shape index (κ3) is 4.07. The van der Waals surface area contributed by atoms with Gasteiger partial charge in [-0.05, 0) is 24.3 Å². The van der Waals surface area contributed by atoms with Crippen LogP contribution in [-0.2, 0) is 11.3 Å². The molecule has 0 spiro atoms. The highest BCUT2D eigenvalue weighted by molar-refractivity contribution is 6.20. The van der Waals surface area contributed by atoms with Crippen LogP contribution in [-0.4, -0.2) is 55.0 Å². The van der Waals surface area contributed by atoms with Crippen molar-refractivity contribution in [3.63, 3.8) is 0 Å². The number of benzene rings is 2. The molecule has 0 aliphatic heterocycles. The van der Waals surface area contributed by atoms with E-state index in [0.29, 0.717) is 28.2 Å². The van der Waals surface area contributed by atoms with E-state index in [-0.39, 0.29) is 40.5 Å². The second-order valence-electron chi connectivity index (χ2n) is 7.44. The van der Waals surface area contributed by atoms with E-state index in [0.717, 1.165) is 0 Å². The summed E-state index contributed by atoms with van der Waals surface area (Å²) in [6, 6.07) is 6.18. The van der Waals surface area contributed by atoms with Crippen LogP contribution in [0.1, 0.15) is 15.9 Å². The first-order valence-electron chi connectivity index (χ1n) is 10.3. The number of carbonyl (C=O) groups excluding carboxylic acids is 2. The summed E-state index contributed by atoms with van der Waals surface area (Å²) in [6.07, 6.45) is 2.95. The minimum Gasteiger partial charge on any atom is -0.502 e. The van der Waals surface area contributed by atoms with E-state index in [9.17, 15) is 14.7 Å². The third-order valence-electron chi connectivity index (χ3n) is 5.38. The molecule has 4 rings (SSSR count). The molecule has 0 aliphatic rings. The van der Waals surface area contributed by atoms with Gasteiger partial charge < -0.3 is 34.2 Å². The number of aromatic nitrogens is 2. The summed E-state index contributed by atoms with van der Waals surface area (Å²) in [6.45, 7) is -0.157. The van der Waals surface area contributed by atoms with E-state index in [1.807, 2.05) is 0 Å². The Morgan fingerprint density at radius 3 is 2.26 bits per heavy atom. The summed E-state index contributed by atoms with van der Waals surface area (Å²) < 4.78 is 28.6. The number of hydrogen-bond donors (Lipinski definition) is 2. The Labute approximate surface area is 199 Å². The molecular formula is C24H23N3O8. The molecule has 2 aromatic carbocycles. The molecule has 1 amide bonds. The van der Waals surface area contributed by atoms with Crippen molar-refractivity contribution >= 4 is 22.7 Å². The Morgan fingerprint density at radius 2 is 1.69 bits per heavy atom. The van der Waals surface area contributed by atoms with Gasteiger partial charge in [-0.1, -0.05) is 0 Å².